The molecule has 3 heteroatoms. The average Bonchev–Trinajstić information content (AvgIpc) is 2.95. The van der Waals surface area contributed by atoms with Crippen LogP contribution >= 0.6 is 0 Å². The number of carbonyl (C=O) groups excluding carboxylic acids is 1. The summed E-state index contributed by atoms with van der Waals surface area (Å²) < 4.78 is 5.36. The van der Waals surface area contributed by atoms with Gasteiger partial charge < -0.3 is 10.1 Å². The van der Waals surface area contributed by atoms with Gasteiger partial charge in [-0.25, -0.2) is 0 Å². The molecule has 0 saturated heterocycles. The fourth-order valence-electron chi connectivity index (χ4n) is 4.89. The van der Waals surface area contributed by atoms with E-state index < -0.39 is 0 Å². The molecule has 3 rings (SSSR count). The van der Waals surface area contributed by atoms with Crippen LogP contribution in [-0.4, -0.2) is 24.2 Å². The van der Waals surface area contributed by atoms with Crippen molar-refractivity contribution in [3.8, 4) is 0 Å². The molecule has 0 aromatic heterocycles. The Kier molecular flexibility index (Phi) is 3.36. The molecule has 19 heavy (non-hydrogen) atoms. The molecular weight excluding hydrogens is 238 g/mol. The van der Waals surface area contributed by atoms with Gasteiger partial charge in [0.05, 0.1) is 6.54 Å². The third-order valence-corrected chi connectivity index (χ3v) is 5.36. The number of fused-ring (bicyclic) bond motifs is 5. The lowest BCUT2D eigenvalue weighted by Gasteiger charge is -2.32. The molecule has 3 nitrogen and oxygen atoms in total. The second-order valence-corrected chi connectivity index (χ2v) is 7.73. The quantitative estimate of drug-likeness (QED) is 0.797. The molecule has 3 fully saturated rings. The standard InChI is InChI=1S/C16H27NO2/c1-16(2,3)19-15(18)9-17-14-8-10-7-13(14)12-6-4-5-11(10)12/h10-14,17H,4-9H2,1-3H3. The minimum atomic E-state index is -0.371. The molecule has 5 atom stereocenters. The number of esters is 1. The van der Waals surface area contributed by atoms with Crippen LogP contribution in [0.15, 0.2) is 0 Å². The highest BCUT2D eigenvalue weighted by molar-refractivity contribution is 5.72. The Morgan fingerprint density at radius 1 is 1.16 bits per heavy atom. The van der Waals surface area contributed by atoms with E-state index >= 15 is 0 Å². The average molecular weight is 265 g/mol. The summed E-state index contributed by atoms with van der Waals surface area (Å²) in [6.07, 6.45) is 7.01. The molecule has 0 spiro atoms. The van der Waals surface area contributed by atoms with Gasteiger partial charge in [-0.2, -0.15) is 0 Å². The zero-order valence-corrected chi connectivity index (χ0v) is 12.4. The highest BCUT2D eigenvalue weighted by atomic mass is 16.6. The molecule has 5 unspecified atom stereocenters. The third kappa shape index (κ3) is 2.67. The molecule has 0 aromatic carbocycles. The van der Waals surface area contributed by atoms with Crippen molar-refractivity contribution in [2.45, 2.75) is 64.5 Å². The molecule has 1 N–H and O–H groups in total. The number of rotatable bonds is 3. The van der Waals surface area contributed by atoms with Crippen LogP contribution in [0.2, 0.25) is 0 Å². The summed E-state index contributed by atoms with van der Waals surface area (Å²) in [5.41, 5.74) is -0.371. The first-order valence-corrected chi connectivity index (χ1v) is 7.89. The summed E-state index contributed by atoms with van der Waals surface area (Å²) in [6.45, 7) is 6.14. The van der Waals surface area contributed by atoms with E-state index in [2.05, 4.69) is 5.32 Å². The lowest BCUT2D eigenvalue weighted by Crippen LogP contribution is -2.42. The maximum Gasteiger partial charge on any atom is 0.320 e. The van der Waals surface area contributed by atoms with Crippen LogP contribution in [0.25, 0.3) is 0 Å². The molecule has 3 saturated carbocycles. The highest BCUT2D eigenvalue weighted by Crippen LogP contribution is 2.58. The predicted octanol–water partition coefficient (Wildman–Crippen LogP) is 2.74. The normalized spacial score (nSPS) is 40.5. The summed E-state index contributed by atoms with van der Waals surface area (Å²) in [7, 11) is 0. The smallest absolute Gasteiger partial charge is 0.320 e. The third-order valence-electron chi connectivity index (χ3n) is 5.36. The maximum atomic E-state index is 11.8. The van der Waals surface area contributed by atoms with Crippen LogP contribution in [-0.2, 0) is 9.53 Å². The van der Waals surface area contributed by atoms with Crippen molar-refractivity contribution in [2.75, 3.05) is 6.54 Å². The van der Waals surface area contributed by atoms with Crippen LogP contribution < -0.4 is 5.32 Å². The van der Waals surface area contributed by atoms with Crippen LogP contribution in [0.1, 0.15) is 52.9 Å². The molecule has 108 valence electrons. The van der Waals surface area contributed by atoms with E-state index in [0.717, 1.165) is 23.7 Å². The summed E-state index contributed by atoms with van der Waals surface area (Å²) in [5, 5.41) is 3.47. The Hall–Kier alpha value is -0.570. The second-order valence-electron chi connectivity index (χ2n) is 7.73. The molecule has 0 aromatic rings. The van der Waals surface area contributed by atoms with Crippen molar-refractivity contribution < 1.29 is 9.53 Å². The summed E-state index contributed by atoms with van der Waals surface area (Å²) in [4.78, 5) is 11.8. The summed E-state index contributed by atoms with van der Waals surface area (Å²) >= 11 is 0. The maximum absolute atomic E-state index is 11.8. The van der Waals surface area contributed by atoms with Crippen molar-refractivity contribution in [1.29, 1.82) is 0 Å². The van der Waals surface area contributed by atoms with Crippen LogP contribution in [0, 0.1) is 23.7 Å². The van der Waals surface area contributed by atoms with Crippen LogP contribution in [0.3, 0.4) is 0 Å². The van der Waals surface area contributed by atoms with Gasteiger partial charge in [0.15, 0.2) is 0 Å². The number of carbonyl (C=O) groups is 1. The zero-order chi connectivity index (χ0) is 13.6. The Bertz CT molecular complexity index is 360. The second kappa shape index (κ2) is 4.76. The molecular formula is C16H27NO2. The van der Waals surface area contributed by atoms with Crippen molar-refractivity contribution in [3.63, 3.8) is 0 Å². The molecule has 3 aliphatic rings. The van der Waals surface area contributed by atoms with E-state index in [1.165, 1.54) is 32.1 Å². The minimum absolute atomic E-state index is 0.113. The number of nitrogens with one attached hydrogen (secondary N) is 1. The fourth-order valence-corrected chi connectivity index (χ4v) is 4.89. The van der Waals surface area contributed by atoms with Crippen molar-refractivity contribution in [1.82, 2.24) is 5.32 Å². The van der Waals surface area contributed by atoms with Gasteiger partial charge in [0.25, 0.3) is 0 Å². The summed E-state index contributed by atoms with van der Waals surface area (Å²) in [6, 6.07) is 0.567. The van der Waals surface area contributed by atoms with Crippen LogP contribution in [0.4, 0.5) is 0 Å². The number of ether oxygens (including phenoxy) is 1. The highest BCUT2D eigenvalue weighted by Gasteiger charge is 2.53. The largest absolute Gasteiger partial charge is 0.459 e. The lowest BCUT2D eigenvalue weighted by molar-refractivity contribution is -0.153. The number of hydrogen-bond acceptors (Lipinski definition) is 3. The topological polar surface area (TPSA) is 38.3 Å². The first-order valence-electron chi connectivity index (χ1n) is 7.89. The van der Waals surface area contributed by atoms with Gasteiger partial charge in [-0.05, 0) is 70.1 Å². The first-order chi connectivity index (χ1) is 8.94. The van der Waals surface area contributed by atoms with E-state index in [1.807, 2.05) is 20.8 Å². The molecule has 0 radical (unpaired) electrons. The predicted molar refractivity (Wildman–Crippen MR) is 74.7 cm³/mol. The van der Waals surface area contributed by atoms with E-state index in [0.29, 0.717) is 12.6 Å². The molecule has 3 aliphatic carbocycles. The SMILES string of the molecule is CC(C)(C)OC(=O)CNC1CC2CC1C1CCCC21. The Morgan fingerprint density at radius 2 is 1.89 bits per heavy atom. The zero-order valence-electron chi connectivity index (χ0n) is 12.4. The monoisotopic (exact) mass is 265 g/mol. The van der Waals surface area contributed by atoms with Gasteiger partial charge in [-0.15, -0.1) is 0 Å². The molecule has 2 bridgehead atoms. The molecule has 0 amide bonds. The van der Waals surface area contributed by atoms with Gasteiger partial charge in [-0.1, -0.05) is 6.42 Å². The van der Waals surface area contributed by atoms with E-state index in [4.69, 9.17) is 4.74 Å². The van der Waals surface area contributed by atoms with E-state index in [1.54, 1.807) is 0 Å². The van der Waals surface area contributed by atoms with Crippen molar-refractivity contribution in [2.24, 2.45) is 23.7 Å². The van der Waals surface area contributed by atoms with Gasteiger partial charge in [0.1, 0.15) is 5.60 Å². The first kappa shape index (κ1) is 13.4. The van der Waals surface area contributed by atoms with E-state index in [9.17, 15) is 4.79 Å². The van der Waals surface area contributed by atoms with Gasteiger partial charge in [-0.3, -0.25) is 4.79 Å². The number of hydrogen-bond donors (Lipinski definition) is 1. The lowest BCUT2D eigenvalue weighted by atomic mass is 9.79. The van der Waals surface area contributed by atoms with E-state index in [-0.39, 0.29) is 11.6 Å². The Balaban J connectivity index is 1.49. The fraction of sp³-hybridized carbons (Fsp3) is 0.938. The summed E-state index contributed by atoms with van der Waals surface area (Å²) in [5.74, 6) is 3.63. The van der Waals surface area contributed by atoms with Crippen molar-refractivity contribution >= 4 is 5.97 Å². The van der Waals surface area contributed by atoms with Gasteiger partial charge >= 0.3 is 5.97 Å². The Labute approximate surface area is 116 Å². The molecule has 0 heterocycles. The Morgan fingerprint density at radius 3 is 2.63 bits per heavy atom. The van der Waals surface area contributed by atoms with Gasteiger partial charge in [0.2, 0.25) is 0 Å². The molecule has 0 aliphatic heterocycles. The van der Waals surface area contributed by atoms with Crippen LogP contribution in [0.5, 0.6) is 0 Å². The van der Waals surface area contributed by atoms with Gasteiger partial charge in [0, 0.05) is 6.04 Å². The minimum Gasteiger partial charge on any atom is -0.459 e. The van der Waals surface area contributed by atoms with Crippen molar-refractivity contribution in [3.05, 3.63) is 0 Å².